The molecule has 2 atom stereocenters. The van der Waals surface area contributed by atoms with Gasteiger partial charge in [0.2, 0.25) is 5.91 Å². The lowest BCUT2D eigenvalue weighted by Gasteiger charge is -2.26. The average Bonchev–Trinajstić information content (AvgIpc) is 3.20. The summed E-state index contributed by atoms with van der Waals surface area (Å²) in [6.07, 6.45) is 4.88. The third kappa shape index (κ3) is 3.71. The normalized spacial score (nSPS) is 31.8. The SMILES string of the molecule is NC1CCC(NC(=O)C2CC2c2cc(Cl)cc(Cl)c2)CC1. The van der Waals surface area contributed by atoms with E-state index in [0.717, 1.165) is 37.7 Å². The van der Waals surface area contributed by atoms with E-state index in [1.165, 1.54) is 0 Å². The van der Waals surface area contributed by atoms with Crippen LogP contribution in [-0.4, -0.2) is 18.0 Å². The minimum absolute atomic E-state index is 0.0649. The predicted molar refractivity (Wildman–Crippen MR) is 85.7 cm³/mol. The summed E-state index contributed by atoms with van der Waals surface area (Å²) in [6, 6.07) is 6.13. The van der Waals surface area contributed by atoms with E-state index in [9.17, 15) is 4.79 Å². The molecular formula is C16H20Cl2N2O. The second-order valence-electron chi connectivity index (χ2n) is 6.27. The number of rotatable bonds is 3. The predicted octanol–water partition coefficient (Wildman–Crippen LogP) is 3.48. The summed E-state index contributed by atoms with van der Waals surface area (Å²) in [5, 5.41) is 4.43. The molecular weight excluding hydrogens is 307 g/mol. The minimum atomic E-state index is 0.0649. The molecule has 0 aliphatic heterocycles. The van der Waals surface area contributed by atoms with Crippen LogP contribution >= 0.6 is 23.2 Å². The number of hydrogen-bond acceptors (Lipinski definition) is 2. The van der Waals surface area contributed by atoms with Crippen molar-refractivity contribution in [2.75, 3.05) is 0 Å². The van der Waals surface area contributed by atoms with E-state index in [4.69, 9.17) is 28.9 Å². The Morgan fingerprint density at radius 2 is 1.71 bits per heavy atom. The first-order valence-electron chi connectivity index (χ1n) is 7.55. The zero-order valence-electron chi connectivity index (χ0n) is 11.8. The van der Waals surface area contributed by atoms with Gasteiger partial charge in [-0.25, -0.2) is 0 Å². The maximum absolute atomic E-state index is 12.3. The lowest BCUT2D eigenvalue weighted by molar-refractivity contribution is -0.123. The van der Waals surface area contributed by atoms with Crippen molar-refractivity contribution in [3.05, 3.63) is 33.8 Å². The van der Waals surface area contributed by atoms with Gasteiger partial charge in [-0.3, -0.25) is 4.79 Å². The Labute approximate surface area is 135 Å². The number of hydrogen-bond donors (Lipinski definition) is 2. The molecule has 1 aromatic rings. The summed E-state index contributed by atoms with van der Waals surface area (Å²) in [4.78, 5) is 12.3. The van der Waals surface area contributed by atoms with Gasteiger partial charge in [-0.1, -0.05) is 23.2 Å². The first-order chi connectivity index (χ1) is 10.0. The van der Waals surface area contributed by atoms with Crippen LogP contribution in [0.2, 0.25) is 10.0 Å². The van der Waals surface area contributed by atoms with Gasteiger partial charge in [0, 0.05) is 28.0 Å². The summed E-state index contributed by atoms with van der Waals surface area (Å²) < 4.78 is 0. The molecule has 2 aliphatic carbocycles. The molecule has 1 amide bonds. The molecule has 3 N–H and O–H groups in total. The second-order valence-corrected chi connectivity index (χ2v) is 7.14. The van der Waals surface area contributed by atoms with Gasteiger partial charge in [0.1, 0.15) is 0 Å². The fourth-order valence-electron chi connectivity index (χ4n) is 3.21. The van der Waals surface area contributed by atoms with E-state index in [1.54, 1.807) is 6.07 Å². The topological polar surface area (TPSA) is 55.1 Å². The molecule has 114 valence electrons. The van der Waals surface area contributed by atoms with Gasteiger partial charge in [0.05, 0.1) is 0 Å². The van der Waals surface area contributed by atoms with Gasteiger partial charge in [-0.15, -0.1) is 0 Å². The highest BCUT2D eigenvalue weighted by atomic mass is 35.5. The number of carbonyl (C=O) groups is 1. The highest BCUT2D eigenvalue weighted by Gasteiger charge is 2.44. The molecule has 3 rings (SSSR count). The third-order valence-corrected chi connectivity index (χ3v) is 4.99. The van der Waals surface area contributed by atoms with Crippen molar-refractivity contribution in [3.8, 4) is 0 Å². The number of benzene rings is 1. The molecule has 2 saturated carbocycles. The van der Waals surface area contributed by atoms with Crippen LogP contribution in [0.4, 0.5) is 0 Å². The molecule has 2 unspecified atom stereocenters. The molecule has 0 heterocycles. The standard InChI is InChI=1S/C16H20Cl2N2O/c17-10-5-9(6-11(18)7-10)14-8-15(14)16(21)20-13-3-1-12(19)2-4-13/h5-7,12-15H,1-4,8,19H2,(H,20,21). The Hall–Kier alpha value is -0.770. The number of carbonyl (C=O) groups excluding carboxylic acids is 1. The van der Waals surface area contributed by atoms with E-state index in [1.807, 2.05) is 12.1 Å². The Kier molecular flexibility index (Phi) is 4.43. The maximum atomic E-state index is 12.3. The zero-order valence-corrected chi connectivity index (χ0v) is 13.3. The summed E-state index contributed by atoms with van der Waals surface area (Å²) in [5.74, 6) is 0.485. The highest BCUT2D eigenvalue weighted by Crippen LogP contribution is 2.48. The highest BCUT2D eigenvalue weighted by molar-refractivity contribution is 6.34. The largest absolute Gasteiger partial charge is 0.353 e. The molecule has 21 heavy (non-hydrogen) atoms. The molecule has 0 radical (unpaired) electrons. The third-order valence-electron chi connectivity index (χ3n) is 4.56. The number of halogens is 2. The van der Waals surface area contributed by atoms with Crippen molar-refractivity contribution in [3.63, 3.8) is 0 Å². The van der Waals surface area contributed by atoms with Crippen LogP contribution in [0.25, 0.3) is 0 Å². The summed E-state index contributed by atoms with van der Waals surface area (Å²) in [5.41, 5.74) is 6.96. The lowest BCUT2D eigenvalue weighted by Crippen LogP contribution is -2.41. The molecule has 2 aliphatic rings. The van der Waals surface area contributed by atoms with Crippen molar-refractivity contribution in [2.24, 2.45) is 11.7 Å². The molecule has 0 saturated heterocycles. The van der Waals surface area contributed by atoms with Crippen molar-refractivity contribution >= 4 is 29.1 Å². The Bertz CT molecular complexity index is 521. The molecule has 0 aromatic heterocycles. The number of nitrogens with one attached hydrogen (secondary N) is 1. The smallest absolute Gasteiger partial charge is 0.223 e. The van der Waals surface area contributed by atoms with Gasteiger partial charge in [0.15, 0.2) is 0 Å². The Morgan fingerprint density at radius 1 is 1.10 bits per heavy atom. The molecule has 5 heteroatoms. The van der Waals surface area contributed by atoms with Gasteiger partial charge in [0.25, 0.3) is 0 Å². The molecule has 0 bridgehead atoms. The van der Waals surface area contributed by atoms with Gasteiger partial charge >= 0.3 is 0 Å². The van der Waals surface area contributed by atoms with Gasteiger partial charge in [-0.05, 0) is 61.8 Å². The van der Waals surface area contributed by atoms with Crippen molar-refractivity contribution in [1.82, 2.24) is 5.32 Å². The zero-order chi connectivity index (χ0) is 15.0. The molecule has 0 spiro atoms. The van der Waals surface area contributed by atoms with Crippen LogP contribution in [0.15, 0.2) is 18.2 Å². The van der Waals surface area contributed by atoms with Crippen molar-refractivity contribution in [2.45, 2.75) is 50.1 Å². The van der Waals surface area contributed by atoms with Crippen LogP contribution in [0.3, 0.4) is 0 Å². The quantitative estimate of drug-likeness (QED) is 0.893. The Balaban J connectivity index is 1.56. The average molecular weight is 327 g/mol. The number of nitrogens with two attached hydrogens (primary N) is 1. The van der Waals surface area contributed by atoms with Gasteiger partial charge in [-0.2, -0.15) is 0 Å². The summed E-state index contributed by atoms with van der Waals surface area (Å²) in [6.45, 7) is 0. The van der Waals surface area contributed by atoms with Crippen molar-refractivity contribution < 1.29 is 4.79 Å². The molecule has 2 fully saturated rings. The van der Waals surface area contributed by atoms with E-state index >= 15 is 0 Å². The van der Waals surface area contributed by atoms with E-state index < -0.39 is 0 Å². The maximum Gasteiger partial charge on any atom is 0.223 e. The van der Waals surface area contributed by atoms with E-state index in [0.29, 0.717) is 22.1 Å². The number of amides is 1. The Morgan fingerprint density at radius 3 is 2.33 bits per heavy atom. The van der Waals surface area contributed by atoms with Crippen molar-refractivity contribution in [1.29, 1.82) is 0 Å². The van der Waals surface area contributed by atoms with Gasteiger partial charge < -0.3 is 11.1 Å². The van der Waals surface area contributed by atoms with E-state index in [-0.39, 0.29) is 17.7 Å². The fourth-order valence-corrected chi connectivity index (χ4v) is 3.76. The minimum Gasteiger partial charge on any atom is -0.353 e. The van der Waals surface area contributed by atoms with Crippen LogP contribution in [0.1, 0.15) is 43.6 Å². The summed E-state index contributed by atoms with van der Waals surface area (Å²) in [7, 11) is 0. The first kappa shape index (κ1) is 15.1. The van der Waals surface area contributed by atoms with Crippen LogP contribution < -0.4 is 11.1 Å². The molecule has 3 nitrogen and oxygen atoms in total. The fraction of sp³-hybridized carbons (Fsp3) is 0.562. The molecule has 1 aromatic carbocycles. The van der Waals surface area contributed by atoms with Crippen LogP contribution in [0, 0.1) is 5.92 Å². The summed E-state index contributed by atoms with van der Waals surface area (Å²) >= 11 is 12.0. The lowest BCUT2D eigenvalue weighted by atomic mass is 9.91. The van der Waals surface area contributed by atoms with Crippen LogP contribution in [0.5, 0.6) is 0 Å². The monoisotopic (exact) mass is 326 g/mol. The van der Waals surface area contributed by atoms with Crippen LogP contribution in [-0.2, 0) is 4.79 Å². The first-order valence-corrected chi connectivity index (χ1v) is 8.30. The van der Waals surface area contributed by atoms with E-state index in [2.05, 4.69) is 5.32 Å². The second kappa shape index (κ2) is 6.15.